The first-order chi connectivity index (χ1) is 7.47. The SMILES string of the molecule is [B]c1cc([N+](=O)[O-])cc(/C=C\C)c1C(C)C. The summed E-state index contributed by atoms with van der Waals surface area (Å²) in [5, 5.41) is 10.7. The van der Waals surface area contributed by atoms with Crippen molar-refractivity contribution in [2.75, 3.05) is 0 Å². The van der Waals surface area contributed by atoms with Crippen molar-refractivity contribution in [2.24, 2.45) is 0 Å². The largest absolute Gasteiger partial charge is 0.269 e. The number of rotatable bonds is 3. The van der Waals surface area contributed by atoms with Gasteiger partial charge in [0.15, 0.2) is 0 Å². The Bertz CT molecular complexity index is 439. The maximum absolute atomic E-state index is 10.7. The van der Waals surface area contributed by atoms with Gasteiger partial charge in [-0.25, -0.2) is 0 Å². The zero-order valence-electron chi connectivity index (χ0n) is 9.73. The highest BCUT2D eigenvalue weighted by Crippen LogP contribution is 2.23. The van der Waals surface area contributed by atoms with E-state index in [9.17, 15) is 10.1 Å². The fourth-order valence-corrected chi connectivity index (χ4v) is 1.77. The third-order valence-electron chi connectivity index (χ3n) is 2.36. The lowest BCUT2D eigenvalue weighted by Gasteiger charge is -2.13. The van der Waals surface area contributed by atoms with Gasteiger partial charge in [0.2, 0.25) is 0 Å². The predicted octanol–water partition coefficient (Wildman–Crippen LogP) is 2.55. The highest BCUT2D eigenvalue weighted by Gasteiger charge is 2.14. The summed E-state index contributed by atoms with van der Waals surface area (Å²) in [7, 11) is 5.85. The van der Waals surface area contributed by atoms with Gasteiger partial charge in [-0.1, -0.05) is 31.5 Å². The van der Waals surface area contributed by atoms with E-state index >= 15 is 0 Å². The van der Waals surface area contributed by atoms with Crippen LogP contribution in [0.25, 0.3) is 6.08 Å². The summed E-state index contributed by atoms with van der Waals surface area (Å²) in [5.41, 5.74) is 2.31. The topological polar surface area (TPSA) is 43.1 Å². The van der Waals surface area contributed by atoms with E-state index in [4.69, 9.17) is 7.85 Å². The maximum Gasteiger partial charge on any atom is 0.269 e. The molecule has 82 valence electrons. The first kappa shape index (κ1) is 12.5. The second-order valence-electron chi connectivity index (χ2n) is 3.95. The lowest BCUT2D eigenvalue weighted by atomic mass is 9.82. The third-order valence-corrected chi connectivity index (χ3v) is 2.36. The lowest BCUT2D eigenvalue weighted by molar-refractivity contribution is -0.384. The monoisotopic (exact) mass is 215 g/mol. The zero-order valence-corrected chi connectivity index (χ0v) is 9.73. The van der Waals surface area contributed by atoms with Crippen molar-refractivity contribution in [3.63, 3.8) is 0 Å². The van der Waals surface area contributed by atoms with E-state index in [1.54, 1.807) is 6.07 Å². The van der Waals surface area contributed by atoms with Crippen molar-refractivity contribution >= 4 is 25.1 Å². The summed E-state index contributed by atoms with van der Waals surface area (Å²) in [6, 6.07) is 2.98. The number of allylic oxidation sites excluding steroid dienone is 1. The summed E-state index contributed by atoms with van der Waals surface area (Å²) < 4.78 is 0. The molecule has 0 atom stereocenters. The molecule has 0 heterocycles. The third kappa shape index (κ3) is 2.51. The van der Waals surface area contributed by atoms with Crippen LogP contribution in [-0.2, 0) is 0 Å². The number of nitrogens with zero attached hydrogens (tertiary/aromatic N) is 1. The molecule has 0 saturated carbocycles. The maximum atomic E-state index is 10.7. The fourth-order valence-electron chi connectivity index (χ4n) is 1.77. The van der Waals surface area contributed by atoms with Crippen LogP contribution in [0.1, 0.15) is 37.8 Å². The molecule has 0 saturated heterocycles. The van der Waals surface area contributed by atoms with Gasteiger partial charge in [-0.3, -0.25) is 10.1 Å². The highest BCUT2D eigenvalue weighted by molar-refractivity contribution is 6.34. The second kappa shape index (κ2) is 4.97. The first-order valence-corrected chi connectivity index (χ1v) is 5.17. The molecule has 1 aromatic rings. The van der Waals surface area contributed by atoms with E-state index in [2.05, 4.69) is 0 Å². The van der Waals surface area contributed by atoms with Crippen LogP contribution < -0.4 is 5.46 Å². The van der Waals surface area contributed by atoms with Crippen molar-refractivity contribution in [3.05, 3.63) is 39.4 Å². The van der Waals surface area contributed by atoms with Crippen LogP contribution in [-0.4, -0.2) is 12.8 Å². The number of nitro groups is 1. The highest BCUT2D eigenvalue weighted by atomic mass is 16.6. The minimum Gasteiger partial charge on any atom is -0.258 e. The van der Waals surface area contributed by atoms with Gasteiger partial charge in [0, 0.05) is 12.1 Å². The molecule has 4 heteroatoms. The molecule has 0 aromatic heterocycles. The van der Waals surface area contributed by atoms with E-state index in [0.717, 1.165) is 11.1 Å². The van der Waals surface area contributed by atoms with E-state index < -0.39 is 4.92 Å². The van der Waals surface area contributed by atoms with Crippen molar-refractivity contribution < 1.29 is 4.92 Å². The molecule has 1 rings (SSSR count). The van der Waals surface area contributed by atoms with Crippen LogP contribution in [0.3, 0.4) is 0 Å². The van der Waals surface area contributed by atoms with Crippen LogP contribution in [0.15, 0.2) is 18.2 Å². The van der Waals surface area contributed by atoms with Gasteiger partial charge in [0.1, 0.15) is 7.85 Å². The predicted molar refractivity (Wildman–Crippen MR) is 67.3 cm³/mol. The molecular formula is C12H14BNO2. The van der Waals surface area contributed by atoms with Gasteiger partial charge in [0.25, 0.3) is 5.69 Å². The van der Waals surface area contributed by atoms with Gasteiger partial charge in [-0.15, -0.1) is 0 Å². The van der Waals surface area contributed by atoms with Crippen LogP contribution >= 0.6 is 0 Å². The molecule has 3 nitrogen and oxygen atoms in total. The number of non-ortho nitro benzene ring substituents is 1. The first-order valence-electron chi connectivity index (χ1n) is 5.17. The number of benzene rings is 1. The van der Waals surface area contributed by atoms with Crippen LogP contribution in [0, 0.1) is 10.1 Å². The quantitative estimate of drug-likeness (QED) is 0.441. The molecule has 0 fully saturated rings. The van der Waals surface area contributed by atoms with Gasteiger partial charge in [-0.05, 0) is 24.0 Å². The summed E-state index contributed by atoms with van der Waals surface area (Å²) >= 11 is 0. The zero-order chi connectivity index (χ0) is 12.3. The number of hydrogen-bond acceptors (Lipinski definition) is 2. The minimum atomic E-state index is -0.423. The Kier molecular flexibility index (Phi) is 3.88. The van der Waals surface area contributed by atoms with Gasteiger partial charge in [-0.2, -0.15) is 0 Å². The molecule has 0 amide bonds. The molecular weight excluding hydrogens is 201 g/mol. The molecule has 0 aliphatic heterocycles. The molecule has 0 aliphatic carbocycles. The molecule has 0 N–H and O–H groups in total. The normalized spacial score (nSPS) is 11.2. The van der Waals surface area contributed by atoms with Crippen molar-refractivity contribution in [1.29, 1.82) is 0 Å². The van der Waals surface area contributed by atoms with E-state index in [1.807, 2.05) is 32.9 Å². The van der Waals surface area contributed by atoms with Crippen LogP contribution in [0.2, 0.25) is 0 Å². The van der Waals surface area contributed by atoms with E-state index in [1.165, 1.54) is 6.07 Å². The Morgan fingerprint density at radius 3 is 2.50 bits per heavy atom. The fraction of sp³-hybridized carbons (Fsp3) is 0.333. The van der Waals surface area contributed by atoms with Crippen molar-refractivity contribution in [2.45, 2.75) is 26.7 Å². The molecule has 0 aliphatic rings. The van der Waals surface area contributed by atoms with E-state index in [0.29, 0.717) is 5.46 Å². The Balaban J connectivity index is 3.45. The minimum absolute atomic E-state index is 0.0370. The Hall–Kier alpha value is -1.58. The Labute approximate surface area is 96.7 Å². The lowest BCUT2D eigenvalue weighted by Crippen LogP contribution is -2.14. The standard InChI is InChI=1S/C12H14BNO2/c1-4-5-9-6-10(14(15)16)7-11(13)12(9)8(2)3/h4-8H,1-3H3/b5-4-. The van der Waals surface area contributed by atoms with Gasteiger partial charge < -0.3 is 0 Å². The average Bonchev–Trinajstić information content (AvgIpc) is 2.16. The van der Waals surface area contributed by atoms with Gasteiger partial charge >= 0.3 is 0 Å². The summed E-state index contributed by atoms with van der Waals surface area (Å²) in [4.78, 5) is 10.3. The molecule has 1 aromatic carbocycles. The number of hydrogen-bond donors (Lipinski definition) is 0. The number of nitro benzene ring substituents is 1. The summed E-state index contributed by atoms with van der Waals surface area (Å²) in [5.74, 6) is 0.243. The molecule has 0 spiro atoms. The Morgan fingerprint density at radius 2 is 2.06 bits per heavy atom. The Morgan fingerprint density at radius 1 is 1.44 bits per heavy atom. The molecule has 0 bridgehead atoms. The van der Waals surface area contributed by atoms with Crippen molar-refractivity contribution in [3.8, 4) is 0 Å². The van der Waals surface area contributed by atoms with Crippen LogP contribution in [0.5, 0.6) is 0 Å². The smallest absolute Gasteiger partial charge is 0.258 e. The van der Waals surface area contributed by atoms with Crippen LogP contribution in [0.4, 0.5) is 5.69 Å². The molecule has 16 heavy (non-hydrogen) atoms. The molecule has 0 unspecified atom stereocenters. The second-order valence-corrected chi connectivity index (χ2v) is 3.95. The van der Waals surface area contributed by atoms with E-state index in [-0.39, 0.29) is 11.6 Å². The van der Waals surface area contributed by atoms with Crippen molar-refractivity contribution in [1.82, 2.24) is 0 Å². The summed E-state index contributed by atoms with van der Waals surface area (Å²) in [6.45, 7) is 5.91. The average molecular weight is 215 g/mol. The molecule has 2 radical (unpaired) electrons. The van der Waals surface area contributed by atoms with Gasteiger partial charge in [0.05, 0.1) is 4.92 Å². The summed E-state index contributed by atoms with van der Waals surface area (Å²) in [6.07, 6.45) is 3.70.